The number of benzene rings is 1. The van der Waals surface area contributed by atoms with E-state index in [0.29, 0.717) is 16.5 Å². The van der Waals surface area contributed by atoms with E-state index in [2.05, 4.69) is 0 Å². The minimum absolute atomic E-state index is 0.0729. The fraction of sp³-hybridized carbons (Fsp3) is 0.182. The van der Waals surface area contributed by atoms with Crippen molar-refractivity contribution in [1.82, 2.24) is 0 Å². The van der Waals surface area contributed by atoms with E-state index in [4.69, 9.17) is 9.52 Å². The van der Waals surface area contributed by atoms with Gasteiger partial charge in [-0.1, -0.05) is 6.07 Å². The van der Waals surface area contributed by atoms with Crippen molar-refractivity contribution in [1.29, 1.82) is 0 Å². The van der Waals surface area contributed by atoms with E-state index in [-0.39, 0.29) is 11.5 Å². The Hall–Kier alpha value is -1.82. The summed E-state index contributed by atoms with van der Waals surface area (Å²) in [6, 6.07) is 6.18. The van der Waals surface area contributed by atoms with Crippen LogP contribution in [-0.4, -0.2) is 25.7 Å². The number of fused-ring (bicyclic) bond motifs is 1. The van der Waals surface area contributed by atoms with Crippen molar-refractivity contribution in [3.8, 4) is 0 Å². The molecule has 5 nitrogen and oxygen atoms in total. The third-order valence-electron chi connectivity index (χ3n) is 2.22. The molecule has 0 aliphatic rings. The van der Waals surface area contributed by atoms with Crippen LogP contribution in [0.5, 0.6) is 0 Å². The number of hydrogen-bond acceptors (Lipinski definition) is 4. The van der Waals surface area contributed by atoms with Crippen molar-refractivity contribution in [2.24, 2.45) is 0 Å². The highest BCUT2D eigenvalue weighted by molar-refractivity contribution is 7.89. The van der Waals surface area contributed by atoms with E-state index in [1.54, 1.807) is 18.2 Å². The summed E-state index contributed by atoms with van der Waals surface area (Å²) < 4.78 is 27.3. The molecule has 2 aromatic rings. The van der Waals surface area contributed by atoms with Gasteiger partial charge >= 0.3 is 5.97 Å². The summed E-state index contributed by atoms with van der Waals surface area (Å²) in [6.07, 6.45) is 1.15. The second-order valence-corrected chi connectivity index (χ2v) is 6.00. The lowest BCUT2D eigenvalue weighted by molar-refractivity contribution is 0.0665. The molecule has 0 amide bonds. The van der Waals surface area contributed by atoms with Gasteiger partial charge in [-0.2, -0.15) is 0 Å². The molecule has 0 bridgehead atoms. The largest absolute Gasteiger partial charge is 0.475 e. The molecule has 90 valence electrons. The highest BCUT2D eigenvalue weighted by atomic mass is 32.2. The lowest BCUT2D eigenvalue weighted by Crippen LogP contribution is -2.00. The summed E-state index contributed by atoms with van der Waals surface area (Å²) in [7, 11) is -3.10. The molecule has 0 saturated carbocycles. The Balaban J connectivity index is 2.47. The second-order valence-electron chi connectivity index (χ2n) is 3.86. The predicted molar refractivity (Wildman–Crippen MR) is 61.7 cm³/mol. The van der Waals surface area contributed by atoms with Gasteiger partial charge in [0.2, 0.25) is 5.76 Å². The van der Waals surface area contributed by atoms with Crippen LogP contribution >= 0.6 is 0 Å². The zero-order valence-corrected chi connectivity index (χ0v) is 9.82. The zero-order chi connectivity index (χ0) is 12.6. The van der Waals surface area contributed by atoms with Gasteiger partial charge in [0.15, 0.2) is 9.84 Å². The average Bonchev–Trinajstić information content (AvgIpc) is 2.57. The number of aromatic carboxylic acids is 1. The highest BCUT2D eigenvalue weighted by Crippen LogP contribution is 2.21. The van der Waals surface area contributed by atoms with Crippen molar-refractivity contribution in [2.45, 2.75) is 5.75 Å². The molecule has 1 heterocycles. The van der Waals surface area contributed by atoms with Crippen molar-refractivity contribution >= 4 is 26.8 Å². The number of carboxylic acid groups (broad SMARTS) is 1. The number of rotatable bonds is 3. The number of carbonyl (C=O) groups is 1. The molecule has 0 spiro atoms. The number of furan rings is 1. The molecule has 6 heteroatoms. The van der Waals surface area contributed by atoms with Gasteiger partial charge in [0, 0.05) is 11.6 Å². The Kier molecular flexibility index (Phi) is 2.66. The van der Waals surface area contributed by atoms with Crippen molar-refractivity contribution in [3.05, 3.63) is 35.6 Å². The van der Waals surface area contributed by atoms with Gasteiger partial charge in [-0.05, 0) is 23.8 Å². The summed E-state index contributed by atoms with van der Waals surface area (Å²) in [4.78, 5) is 10.7. The van der Waals surface area contributed by atoms with E-state index in [9.17, 15) is 13.2 Å². The predicted octanol–water partition coefficient (Wildman–Crippen LogP) is 1.68. The van der Waals surface area contributed by atoms with Gasteiger partial charge in [0.05, 0.1) is 5.75 Å². The number of carboxylic acids is 1. The molecule has 0 aliphatic heterocycles. The zero-order valence-electron chi connectivity index (χ0n) is 9.00. The van der Waals surface area contributed by atoms with E-state index >= 15 is 0 Å². The first-order chi connectivity index (χ1) is 7.85. The molecule has 1 aromatic heterocycles. The maximum Gasteiger partial charge on any atom is 0.371 e. The SMILES string of the molecule is CS(=O)(=O)Cc1ccc2oc(C(=O)O)cc2c1. The second kappa shape index (κ2) is 3.89. The molecule has 1 aromatic carbocycles. The Morgan fingerprint density at radius 3 is 2.65 bits per heavy atom. The first-order valence-corrected chi connectivity index (χ1v) is 6.85. The monoisotopic (exact) mass is 254 g/mol. The summed E-state index contributed by atoms with van der Waals surface area (Å²) >= 11 is 0. The van der Waals surface area contributed by atoms with Crippen molar-refractivity contribution in [2.75, 3.05) is 6.26 Å². The summed E-state index contributed by atoms with van der Waals surface area (Å²) in [6.45, 7) is 0. The van der Waals surface area contributed by atoms with Crippen LogP contribution in [0.1, 0.15) is 16.1 Å². The Morgan fingerprint density at radius 1 is 1.35 bits per heavy atom. The van der Waals surface area contributed by atoms with Crippen LogP contribution in [0.4, 0.5) is 0 Å². The van der Waals surface area contributed by atoms with Crippen molar-refractivity contribution < 1.29 is 22.7 Å². The Labute approximate surface area is 97.6 Å². The Morgan fingerprint density at radius 2 is 2.06 bits per heavy atom. The van der Waals surface area contributed by atoms with Crippen molar-refractivity contribution in [3.63, 3.8) is 0 Å². The highest BCUT2D eigenvalue weighted by Gasteiger charge is 2.11. The molecule has 0 atom stereocenters. The van der Waals surface area contributed by atoms with Gasteiger partial charge in [-0.15, -0.1) is 0 Å². The lowest BCUT2D eigenvalue weighted by Gasteiger charge is -1.98. The third kappa shape index (κ3) is 2.65. The molecule has 0 unspecified atom stereocenters. The molecule has 0 aliphatic carbocycles. The molecule has 1 N–H and O–H groups in total. The molecule has 17 heavy (non-hydrogen) atoms. The van der Waals surface area contributed by atoms with E-state index in [1.165, 1.54) is 6.07 Å². The van der Waals surface area contributed by atoms with Gasteiger partial charge in [0.1, 0.15) is 5.58 Å². The fourth-order valence-corrected chi connectivity index (χ4v) is 2.38. The molecular formula is C11H10O5S. The molecule has 0 saturated heterocycles. The van der Waals surface area contributed by atoms with Crippen LogP contribution in [-0.2, 0) is 15.6 Å². The van der Waals surface area contributed by atoms with Crippen LogP contribution in [0.15, 0.2) is 28.7 Å². The number of sulfone groups is 1. The van der Waals surface area contributed by atoms with Gasteiger partial charge in [0.25, 0.3) is 0 Å². The van der Waals surface area contributed by atoms with E-state index in [0.717, 1.165) is 6.26 Å². The standard InChI is InChI=1S/C11H10O5S/c1-17(14,15)6-7-2-3-9-8(4-7)5-10(16-9)11(12)13/h2-5H,6H2,1H3,(H,12,13). The summed E-state index contributed by atoms with van der Waals surface area (Å²) in [5, 5.41) is 9.34. The molecule has 0 radical (unpaired) electrons. The van der Waals surface area contributed by atoms with E-state index < -0.39 is 15.8 Å². The third-order valence-corrected chi connectivity index (χ3v) is 3.08. The van der Waals surface area contributed by atoms with Crippen LogP contribution < -0.4 is 0 Å². The molecular weight excluding hydrogens is 244 g/mol. The molecule has 2 rings (SSSR count). The van der Waals surface area contributed by atoms with Gasteiger partial charge in [-0.3, -0.25) is 0 Å². The lowest BCUT2D eigenvalue weighted by atomic mass is 10.2. The summed E-state index contributed by atoms with van der Waals surface area (Å²) in [5.74, 6) is -1.38. The fourth-order valence-electron chi connectivity index (χ4n) is 1.59. The number of hydrogen-bond donors (Lipinski definition) is 1. The quantitative estimate of drug-likeness (QED) is 0.900. The average molecular weight is 254 g/mol. The van der Waals surface area contributed by atoms with E-state index in [1.807, 2.05) is 0 Å². The van der Waals surface area contributed by atoms with Crippen LogP contribution in [0.3, 0.4) is 0 Å². The van der Waals surface area contributed by atoms with Crippen LogP contribution in [0, 0.1) is 0 Å². The van der Waals surface area contributed by atoms with Crippen LogP contribution in [0.2, 0.25) is 0 Å². The first kappa shape index (κ1) is 11.7. The molecule has 0 fully saturated rings. The minimum Gasteiger partial charge on any atom is -0.475 e. The van der Waals surface area contributed by atoms with Crippen LogP contribution in [0.25, 0.3) is 11.0 Å². The summed E-state index contributed by atoms with van der Waals surface area (Å²) in [5.41, 5.74) is 1.04. The first-order valence-electron chi connectivity index (χ1n) is 4.79. The normalized spacial score (nSPS) is 11.8. The van der Waals surface area contributed by atoms with Gasteiger partial charge < -0.3 is 9.52 Å². The topological polar surface area (TPSA) is 84.6 Å². The smallest absolute Gasteiger partial charge is 0.371 e. The minimum atomic E-state index is -3.10. The maximum absolute atomic E-state index is 11.1. The Bertz CT molecular complexity index is 681. The maximum atomic E-state index is 11.1. The van der Waals surface area contributed by atoms with Gasteiger partial charge in [-0.25, -0.2) is 13.2 Å².